The van der Waals surface area contributed by atoms with Gasteiger partial charge in [0.1, 0.15) is 0 Å². The Hall–Kier alpha value is -3.17. The van der Waals surface area contributed by atoms with E-state index in [1.165, 1.54) is 0 Å². The van der Waals surface area contributed by atoms with Gasteiger partial charge in [0.05, 0.1) is 24.7 Å². The van der Waals surface area contributed by atoms with Crippen molar-refractivity contribution in [2.24, 2.45) is 5.73 Å². The molecule has 0 radical (unpaired) electrons. The minimum Gasteiger partial charge on any atom is -0.375 e. The summed E-state index contributed by atoms with van der Waals surface area (Å²) < 4.78 is 6.07. The smallest absolute Gasteiger partial charge is 0.251 e. The second-order valence-electron chi connectivity index (χ2n) is 10.7. The van der Waals surface area contributed by atoms with Gasteiger partial charge in [0, 0.05) is 22.7 Å². The standard InChI is InChI=1S/C32H36ClN3O2/c1-31(35,20-24-9-3-2-4-10-24)23-38-21-25-17-27(19-28(18-25)32(22-34)14-7-8-15-32)30(37)36-16-13-26-11-5-6-12-29(26)33/h2-6,9-12,17-19H,7-8,13-16,20-21,23,35H2,1H3,(H,36,37). The monoisotopic (exact) mass is 529 g/mol. The molecule has 0 heterocycles. The molecule has 1 unspecified atom stereocenters. The molecule has 38 heavy (non-hydrogen) atoms. The van der Waals surface area contributed by atoms with E-state index in [0.29, 0.717) is 43.2 Å². The lowest BCUT2D eigenvalue weighted by molar-refractivity contribution is 0.0789. The summed E-state index contributed by atoms with van der Waals surface area (Å²) in [6.45, 7) is 3.14. The van der Waals surface area contributed by atoms with Gasteiger partial charge in [-0.2, -0.15) is 5.26 Å². The van der Waals surface area contributed by atoms with Gasteiger partial charge in [0.2, 0.25) is 0 Å². The number of rotatable bonds is 11. The average molecular weight is 530 g/mol. The second kappa shape index (κ2) is 12.6. The third-order valence-electron chi connectivity index (χ3n) is 7.27. The number of nitrogens with two attached hydrogens (primary N) is 1. The molecule has 4 rings (SSSR count). The van der Waals surface area contributed by atoms with Gasteiger partial charge in [-0.1, -0.05) is 79.0 Å². The molecule has 6 heteroatoms. The lowest BCUT2D eigenvalue weighted by Crippen LogP contribution is -2.43. The van der Waals surface area contributed by atoms with E-state index in [9.17, 15) is 10.1 Å². The second-order valence-corrected chi connectivity index (χ2v) is 11.1. The van der Waals surface area contributed by atoms with E-state index < -0.39 is 11.0 Å². The van der Waals surface area contributed by atoms with Crippen molar-refractivity contribution in [1.29, 1.82) is 5.26 Å². The molecule has 1 aliphatic rings. The summed E-state index contributed by atoms with van der Waals surface area (Å²) in [7, 11) is 0. The molecular formula is C32H36ClN3O2. The number of amides is 1. The van der Waals surface area contributed by atoms with Crippen molar-refractivity contribution in [2.75, 3.05) is 13.2 Å². The molecule has 1 fully saturated rings. The summed E-state index contributed by atoms with van der Waals surface area (Å²) in [5.74, 6) is -0.168. The molecule has 1 amide bonds. The van der Waals surface area contributed by atoms with Crippen LogP contribution in [0.4, 0.5) is 0 Å². The van der Waals surface area contributed by atoms with Gasteiger partial charge in [0.15, 0.2) is 0 Å². The summed E-state index contributed by atoms with van der Waals surface area (Å²) in [6.07, 6.45) is 4.97. The summed E-state index contributed by atoms with van der Waals surface area (Å²) in [6, 6.07) is 26.1. The SMILES string of the molecule is CC(N)(COCc1cc(C(=O)NCCc2ccccc2Cl)cc(C2(C#N)CCCC2)c1)Cc1ccccc1. The fourth-order valence-electron chi connectivity index (χ4n) is 5.26. The molecule has 1 atom stereocenters. The van der Waals surface area contributed by atoms with Crippen LogP contribution in [0, 0.1) is 11.3 Å². The third-order valence-corrected chi connectivity index (χ3v) is 7.64. The van der Waals surface area contributed by atoms with Crippen LogP contribution in [-0.4, -0.2) is 24.6 Å². The maximum absolute atomic E-state index is 13.2. The van der Waals surface area contributed by atoms with Crippen LogP contribution in [0.2, 0.25) is 5.02 Å². The highest BCUT2D eigenvalue weighted by molar-refractivity contribution is 6.31. The first-order valence-electron chi connectivity index (χ1n) is 13.3. The number of nitriles is 1. The molecule has 3 N–H and O–H groups in total. The van der Waals surface area contributed by atoms with Crippen molar-refractivity contribution in [1.82, 2.24) is 5.32 Å². The van der Waals surface area contributed by atoms with E-state index in [4.69, 9.17) is 22.1 Å². The molecule has 198 valence electrons. The van der Waals surface area contributed by atoms with Crippen molar-refractivity contribution >= 4 is 17.5 Å². The molecule has 0 aliphatic heterocycles. The maximum atomic E-state index is 13.2. The van der Waals surface area contributed by atoms with E-state index in [-0.39, 0.29) is 5.91 Å². The van der Waals surface area contributed by atoms with Crippen LogP contribution >= 0.6 is 11.6 Å². The average Bonchev–Trinajstić information content (AvgIpc) is 3.40. The molecule has 1 saturated carbocycles. The predicted octanol–water partition coefficient (Wildman–Crippen LogP) is 6.12. The number of halogens is 1. The number of carbonyl (C=O) groups is 1. The van der Waals surface area contributed by atoms with Gasteiger partial charge in [-0.25, -0.2) is 0 Å². The number of hydrogen-bond donors (Lipinski definition) is 2. The van der Waals surface area contributed by atoms with Gasteiger partial charge in [-0.05, 0) is 73.1 Å². The van der Waals surface area contributed by atoms with Crippen LogP contribution in [0.15, 0.2) is 72.8 Å². The van der Waals surface area contributed by atoms with Gasteiger partial charge in [-0.15, -0.1) is 0 Å². The Kier molecular flexibility index (Phi) is 9.22. The molecule has 5 nitrogen and oxygen atoms in total. The van der Waals surface area contributed by atoms with Gasteiger partial charge in [0.25, 0.3) is 5.91 Å². The van der Waals surface area contributed by atoms with Crippen molar-refractivity contribution in [3.8, 4) is 6.07 Å². The van der Waals surface area contributed by atoms with Crippen LogP contribution in [0.25, 0.3) is 0 Å². The number of hydrogen-bond acceptors (Lipinski definition) is 4. The molecule has 3 aromatic rings. The summed E-state index contributed by atoms with van der Waals surface area (Å²) >= 11 is 6.26. The number of nitrogens with one attached hydrogen (secondary N) is 1. The molecular weight excluding hydrogens is 494 g/mol. The van der Waals surface area contributed by atoms with Crippen molar-refractivity contribution in [2.45, 2.75) is 63.0 Å². The lowest BCUT2D eigenvalue weighted by Gasteiger charge is -2.25. The molecule has 0 bridgehead atoms. The molecule has 3 aromatic carbocycles. The van der Waals surface area contributed by atoms with E-state index in [0.717, 1.165) is 47.9 Å². The number of benzene rings is 3. The number of carbonyl (C=O) groups excluding carboxylic acids is 1. The Labute approximate surface area is 231 Å². The van der Waals surface area contributed by atoms with E-state index >= 15 is 0 Å². The van der Waals surface area contributed by atoms with Crippen LogP contribution in [-0.2, 0) is 29.6 Å². The van der Waals surface area contributed by atoms with Gasteiger partial charge >= 0.3 is 0 Å². The molecule has 0 aromatic heterocycles. The normalized spacial score (nSPS) is 15.9. The third kappa shape index (κ3) is 7.23. The number of ether oxygens (including phenoxy) is 1. The highest BCUT2D eigenvalue weighted by atomic mass is 35.5. The topological polar surface area (TPSA) is 88.1 Å². The van der Waals surface area contributed by atoms with Crippen molar-refractivity contribution < 1.29 is 9.53 Å². The molecule has 1 aliphatic carbocycles. The summed E-state index contributed by atoms with van der Waals surface area (Å²) in [4.78, 5) is 13.2. The van der Waals surface area contributed by atoms with Crippen LogP contribution in [0.1, 0.15) is 65.2 Å². The molecule has 0 saturated heterocycles. The van der Waals surface area contributed by atoms with E-state index in [1.807, 2.05) is 67.6 Å². The molecule has 0 spiro atoms. The predicted molar refractivity (Wildman–Crippen MR) is 152 cm³/mol. The Bertz CT molecular complexity index is 1280. The summed E-state index contributed by atoms with van der Waals surface area (Å²) in [5, 5.41) is 13.8. The Balaban J connectivity index is 1.46. The first-order valence-corrected chi connectivity index (χ1v) is 13.7. The largest absolute Gasteiger partial charge is 0.375 e. The first-order chi connectivity index (χ1) is 18.3. The zero-order valence-corrected chi connectivity index (χ0v) is 22.8. The minimum absolute atomic E-state index is 0.168. The minimum atomic E-state index is -0.557. The van der Waals surface area contributed by atoms with Crippen LogP contribution in [0.5, 0.6) is 0 Å². The van der Waals surface area contributed by atoms with Crippen LogP contribution in [0.3, 0.4) is 0 Å². The van der Waals surface area contributed by atoms with Crippen LogP contribution < -0.4 is 11.1 Å². The van der Waals surface area contributed by atoms with Crippen molar-refractivity contribution in [3.05, 3.63) is 106 Å². The lowest BCUT2D eigenvalue weighted by atomic mass is 9.79. The van der Waals surface area contributed by atoms with Gasteiger partial charge < -0.3 is 15.8 Å². The zero-order chi connectivity index (χ0) is 27.0. The summed E-state index contributed by atoms with van der Waals surface area (Å²) in [5.41, 5.74) is 9.91. The zero-order valence-electron chi connectivity index (χ0n) is 22.0. The fourth-order valence-corrected chi connectivity index (χ4v) is 5.49. The van der Waals surface area contributed by atoms with E-state index in [1.54, 1.807) is 0 Å². The Morgan fingerprint density at radius 2 is 1.79 bits per heavy atom. The Morgan fingerprint density at radius 3 is 2.50 bits per heavy atom. The van der Waals surface area contributed by atoms with Crippen molar-refractivity contribution in [3.63, 3.8) is 0 Å². The first kappa shape index (κ1) is 27.9. The number of nitrogens with zero attached hydrogens (tertiary/aromatic N) is 1. The van der Waals surface area contributed by atoms with Gasteiger partial charge in [-0.3, -0.25) is 4.79 Å². The fraction of sp³-hybridized carbons (Fsp3) is 0.375. The highest BCUT2D eigenvalue weighted by Gasteiger charge is 2.36. The maximum Gasteiger partial charge on any atom is 0.251 e. The van der Waals surface area contributed by atoms with E-state index in [2.05, 4.69) is 23.5 Å². The Morgan fingerprint density at radius 1 is 1.08 bits per heavy atom. The quantitative estimate of drug-likeness (QED) is 0.313. The highest BCUT2D eigenvalue weighted by Crippen LogP contribution is 2.41.